The van der Waals surface area contributed by atoms with E-state index in [1.165, 1.54) is 44.8 Å². The molecule has 0 saturated carbocycles. The summed E-state index contributed by atoms with van der Waals surface area (Å²) >= 11 is 1.14. The van der Waals surface area contributed by atoms with E-state index in [1.807, 2.05) is 0 Å². The van der Waals surface area contributed by atoms with E-state index >= 15 is 0 Å². The van der Waals surface area contributed by atoms with Crippen molar-refractivity contribution in [3.8, 4) is 28.7 Å². The summed E-state index contributed by atoms with van der Waals surface area (Å²) in [6.45, 7) is 0.166. The highest BCUT2D eigenvalue weighted by atomic mass is 32.2. The largest absolute Gasteiger partial charge is 0.504 e. The average Bonchev–Trinajstić information content (AvgIpc) is 3.50. The molecule has 2 aromatic carbocycles. The number of amidine groups is 1. The molecular formula is C25H23N3O7S. The van der Waals surface area contributed by atoms with E-state index in [2.05, 4.69) is 10.2 Å². The van der Waals surface area contributed by atoms with Crippen LogP contribution in [-0.2, 0) is 11.3 Å². The van der Waals surface area contributed by atoms with Crippen LogP contribution >= 0.6 is 11.8 Å². The summed E-state index contributed by atoms with van der Waals surface area (Å²) in [5, 5.41) is 28.7. The number of amides is 1. The van der Waals surface area contributed by atoms with Gasteiger partial charge < -0.3 is 28.8 Å². The van der Waals surface area contributed by atoms with Crippen LogP contribution in [0.4, 0.5) is 0 Å². The first-order valence-electron chi connectivity index (χ1n) is 10.6. The number of phenols is 2. The van der Waals surface area contributed by atoms with E-state index in [1.54, 1.807) is 42.5 Å². The van der Waals surface area contributed by atoms with Gasteiger partial charge in [0, 0.05) is 0 Å². The van der Waals surface area contributed by atoms with Crippen LogP contribution in [0.5, 0.6) is 28.7 Å². The zero-order valence-corrected chi connectivity index (χ0v) is 20.5. The standard InChI is InChI=1S/C25H23N3O7S/c1-32-19-9-15(6-7-18(19)29)13-26-27-25-28(14-17-5-4-8-35-17)24(31)22(36-25)12-16-10-20(33-2)23(30)21(11-16)34-3/h4-13,29-30H,14H2,1-3H3/b22-12-,26-13-,27-25+. The number of carbonyl (C=O) groups excluding carboxylic acids is 1. The number of rotatable bonds is 8. The van der Waals surface area contributed by atoms with E-state index in [-0.39, 0.29) is 35.4 Å². The van der Waals surface area contributed by atoms with Crippen LogP contribution in [0.3, 0.4) is 0 Å². The summed E-state index contributed by atoms with van der Waals surface area (Å²) in [6.07, 6.45) is 4.67. The third kappa shape index (κ3) is 5.31. The minimum absolute atomic E-state index is 0.0137. The molecular weight excluding hydrogens is 486 g/mol. The number of ether oxygens (including phenoxy) is 3. The van der Waals surface area contributed by atoms with E-state index in [9.17, 15) is 15.0 Å². The van der Waals surface area contributed by atoms with E-state index in [4.69, 9.17) is 18.6 Å². The predicted molar refractivity (Wildman–Crippen MR) is 136 cm³/mol. The van der Waals surface area contributed by atoms with Gasteiger partial charge in [-0.25, -0.2) is 0 Å². The number of furan rings is 1. The van der Waals surface area contributed by atoms with Crippen molar-refractivity contribution in [2.24, 2.45) is 10.2 Å². The number of phenolic OH excluding ortho intramolecular Hbond substituents is 2. The fourth-order valence-corrected chi connectivity index (χ4v) is 4.28. The van der Waals surface area contributed by atoms with E-state index in [0.717, 1.165) is 11.8 Å². The van der Waals surface area contributed by atoms with Crippen LogP contribution in [-0.4, -0.2) is 53.7 Å². The minimum atomic E-state index is -0.289. The second-order valence-corrected chi connectivity index (χ2v) is 8.42. The molecule has 0 atom stereocenters. The van der Waals surface area contributed by atoms with Gasteiger partial charge in [-0.05, 0) is 71.4 Å². The van der Waals surface area contributed by atoms with Gasteiger partial charge in [0.15, 0.2) is 28.2 Å². The summed E-state index contributed by atoms with van der Waals surface area (Å²) in [5.74, 6) is 0.912. The molecule has 0 bridgehead atoms. The third-order valence-corrected chi connectivity index (χ3v) is 6.13. The Labute approximate surface area is 211 Å². The molecule has 1 aliphatic rings. The molecule has 1 amide bonds. The van der Waals surface area contributed by atoms with Crippen LogP contribution in [0, 0.1) is 0 Å². The molecule has 10 nitrogen and oxygen atoms in total. The topological polar surface area (TPSA) is 126 Å². The molecule has 2 N–H and O–H groups in total. The second-order valence-electron chi connectivity index (χ2n) is 7.41. The summed E-state index contributed by atoms with van der Waals surface area (Å²) in [5.41, 5.74) is 1.25. The molecule has 36 heavy (non-hydrogen) atoms. The van der Waals surface area contributed by atoms with Crippen LogP contribution in [0.25, 0.3) is 6.08 Å². The summed E-state index contributed by atoms with van der Waals surface area (Å²) < 4.78 is 20.9. The molecule has 0 radical (unpaired) electrons. The number of hydrogen-bond donors (Lipinski definition) is 2. The minimum Gasteiger partial charge on any atom is -0.504 e. The van der Waals surface area contributed by atoms with Gasteiger partial charge in [-0.1, -0.05) is 0 Å². The van der Waals surface area contributed by atoms with Crippen molar-refractivity contribution in [3.63, 3.8) is 0 Å². The Morgan fingerprint density at radius 3 is 2.33 bits per heavy atom. The number of thioether (sulfide) groups is 1. The molecule has 3 aromatic rings. The molecule has 1 aromatic heterocycles. The number of benzene rings is 2. The summed E-state index contributed by atoms with van der Waals surface area (Å²) in [6, 6.07) is 11.5. The maximum absolute atomic E-state index is 13.3. The highest BCUT2D eigenvalue weighted by Crippen LogP contribution is 2.40. The molecule has 11 heteroatoms. The first kappa shape index (κ1) is 24.7. The van der Waals surface area contributed by atoms with Crippen molar-refractivity contribution in [1.29, 1.82) is 0 Å². The van der Waals surface area contributed by atoms with Crippen molar-refractivity contribution in [3.05, 3.63) is 70.5 Å². The van der Waals surface area contributed by atoms with Gasteiger partial charge in [-0.2, -0.15) is 5.10 Å². The van der Waals surface area contributed by atoms with Gasteiger partial charge in [0.05, 0.1) is 45.3 Å². The SMILES string of the molecule is COc1cc(/C=N\N=C2\S/C(=C\c3cc(OC)c(O)c(OC)c3)C(=O)N2Cc2ccco2)ccc1O. The van der Waals surface area contributed by atoms with Crippen LogP contribution in [0.15, 0.2) is 68.3 Å². The van der Waals surface area contributed by atoms with Gasteiger partial charge in [0.2, 0.25) is 5.75 Å². The normalized spacial score (nSPS) is 15.9. The van der Waals surface area contributed by atoms with E-state index in [0.29, 0.717) is 32.7 Å². The Bertz CT molecular complexity index is 1320. The average molecular weight is 510 g/mol. The number of carbonyl (C=O) groups is 1. The zero-order valence-electron chi connectivity index (χ0n) is 19.7. The fraction of sp³-hybridized carbons (Fsp3) is 0.160. The van der Waals surface area contributed by atoms with Gasteiger partial charge in [0.1, 0.15) is 5.76 Å². The second kappa shape index (κ2) is 10.9. The molecule has 2 heterocycles. The van der Waals surface area contributed by atoms with Gasteiger partial charge in [-0.3, -0.25) is 9.69 Å². The number of aromatic hydroxyl groups is 2. The van der Waals surface area contributed by atoms with Crippen molar-refractivity contribution in [1.82, 2.24) is 4.90 Å². The van der Waals surface area contributed by atoms with Crippen molar-refractivity contribution >= 4 is 35.1 Å². The van der Waals surface area contributed by atoms with Crippen molar-refractivity contribution < 1.29 is 33.6 Å². The van der Waals surface area contributed by atoms with Crippen LogP contribution < -0.4 is 14.2 Å². The first-order valence-corrected chi connectivity index (χ1v) is 11.4. The van der Waals surface area contributed by atoms with Gasteiger partial charge >= 0.3 is 0 Å². The fourth-order valence-electron chi connectivity index (χ4n) is 3.35. The third-order valence-electron chi connectivity index (χ3n) is 5.14. The number of hydrogen-bond acceptors (Lipinski definition) is 10. The lowest BCUT2D eigenvalue weighted by molar-refractivity contribution is -0.122. The molecule has 1 saturated heterocycles. The Morgan fingerprint density at radius 1 is 1.00 bits per heavy atom. The summed E-state index contributed by atoms with van der Waals surface area (Å²) in [7, 11) is 4.31. The molecule has 0 unspecified atom stereocenters. The predicted octanol–water partition coefficient (Wildman–Crippen LogP) is 4.22. The molecule has 1 fully saturated rings. The quantitative estimate of drug-likeness (QED) is 0.263. The molecule has 4 rings (SSSR count). The summed E-state index contributed by atoms with van der Waals surface area (Å²) in [4.78, 5) is 15.1. The maximum Gasteiger partial charge on any atom is 0.267 e. The maximum atomic E-state index is 13.3. The molecule has 1 aliphatic heterocycles. The van der Waals surface area contributed by atoms with E-state index < -0.39 is 0 Å². The van der Waals surface area contributed by atoms with Crippen LogP contribution in [0.1, 0.15) is 16.9 Å². The Balaban J connectivity index is 1.66. The first-order chi connectivity index (χ1) is 17.4. The monoisotopic (exact) mass is 509 g/mol. The highest BCUT2D eigenvalue weighted by molar-refractivity contribution is 8.18. The van der Waals surface area contributed by atoms with Crippen molar-refractivity contribution in [2.45, 2.75) is 6.54 Å². The highest BCUT2D eigenvalue weighted by Gasteiger charge is 2.34. The Hall–Kier alpha value is -4.38. The van der Waals surface area contributed by atoms with Crippen molar-refractivity contribution in [2.75, 3.05) is 21.3 Å². The van der Waals surface area contributed by atoms with Crippen LogP contribution in [0.2, 0.25) is 0 Å². The molecule has 186 valence electrons. The van der Waals surface area contributed by atoms with Gasteiger partial charge in [-0.15, -0.1) is 5.10 Å². The molecule has 0 spiro atoms. The lowest BCUT2D eigenvalue weighted by Crippen LogP contribution is -2.28. The van der Waals surface area contributed by atoms with Gasteiger partial charge in [0.25, 0.3) is 5.91 Å². The molecule has 0 aliphatic carbocycles. The number of methoxy groups -OCH3 is 3. The smallest absolute Gasteiger partial charge is 0.267 e. The zero-order chi connectivity index (χ0) is 25.7. The Morgan fingerprint density at radius 2 is 1.69 bits per heavy atom. The Kier molecular flexibility index (Phi) is 7.50. The number of nitrogens with zero attached hydrogens (tertiary/aromatic N) is 3. The lowest BCUT2D eigenvalue weighted by atomic mass is 10.1. The lowest BCUT2D eigenvalue weighted by Gasteiger charge is -2.12.